The van der Waals surface area contributed by atoms with Gasteiger partial charge in [0.25, 0.3) is 0 Å². The lowest BCUT2D eigenvalue weighted by atomic mass is 9.78. The minimum atomic E-state index is -6.14. The summed E-state index contributed by atoms with van der Waals surface area (Å²) in [5, 5.41) is 0. The molecule has 1 fully saturated rings. The summed E-state index contributed by atoms with van der Waals surface area (Å²) in [6.45, 7) is 6.95. The summed E-state index contributed by atoms with van der Waals surface area (Å²) in [6, 6.07) is 2.76. The quantitative estimate of drug-likeness (QED) is 0.570. The maximum Gasteiger partial charge on any atom is 0.494 e. The van der Waals surface area contributed by atoms with Gasteiger partial charge in [0.2, 0.25) is 0 Å². The number of hydrogen-bond acceptors (Lipinski definition) is 2. The maximum atomic E-state index is 14.0. The summed E-state index contributed by atoms with van der Waals surface area (Å²) in [7, 11) is -0.982. The Morgan fingerprint density at radius 2 is 1.08 bits per heavy atom. The summed E-state index contributed by atoms with van der Waals surface area (Å²) in [4.78, 5) is 0. The van der Waals surface area contributed by atoms with Gasteiger partial charge in [-0.2, -0.15) is 26.3 Å². The molecule has 0 saturated carbocycles. The van der Waals surface area contributed by atoms with Gasteiger partial charge in [-0.3, -0.25) is 0 Å². The van der Waals surface area contributed by atoms with Gasteiger partial charge in [-0.1, -0.05) is 24.3 Å². The number of alkyl halides is 7. The van der Waals surface area contributed by atoms with Crippen molar-refractivity contribution in [2.24, 2.45) is 0 Å². The van der Waals surface area contributed by atoms with E-state index in [2.05, 4.69) is 0 Å². The van der Waals surface area contributed by atoms with Gasteiger partial charge in [-0.25, -0.2) is 4.39 Å². The molecule has 0 radical (unpaired) electrons. The lowest BCUT2D eigenvalue weighted by Gasteiger charge is -2.32. The molecule has 0 aliphatic carbocycles. The largest absolute Gasteiger partial charge is 0.494 e. The van der Waals surface area contributed by atoms with E-state index in [0.717, 1.165) is 12.1 Å². The smallest absolute Gasteiger partial charge is 0.399 e. The highest BCUT2D eigenvalue weighted by molar-refractivity contribution is 6.62. The molecular weight excluding hydrogens is 356 g/mol. The van der Waals surface area contributed by atoms with Crippen molar-refractivity contribution in [1.82, 2.24) is 0 Å². The van der Waals surface area contributed by atoms with Gasteiger partial charge in [0.1, 0.15) is 0 Å². The van der Waals surface area contributed by atoms with Crippen molar-refractivity contribution in [3.8, 4) is 0 Å². The predicted molar refractivity (Wildman–Crippen MR) is 77.1 cm³/mol. The molecule has 0 atom stereocenters. The molecule has 1 heterocycles. The van der Waals surface area contributed by atoms with Gasteiger partial charge in [0.05, 0.1) is 11.2 Å². The second-order valence-electron chi connectivity index (χ2n) is 6.86. The Kier molecular flexibility index (Phi) is 4.49. The Morgan fingerprint density at radius 1 is 0.720 bits per heavy atom. The highest BCUT2D eigenvalue weighted by Gasteiger charge is 2.73. The zero-order valence-electron chi connectivity index (χ0n) is 13.8. The first-order valence-electron chi connectivity index (χ1n) is 7.31. The SMILES string of the molecule is CC1(C)OB(c2ccc(C(F)(C(F)(F)F)C(F)(F)F)cc2)OC1(C)C. The van der Waals surface area contributed by atoms with Gasteiger partial charge in [0, 0.05) is 5.56 Å². The minimum Gasteiger partial charge on any atom is -0.399 e. The fourth-order valence-electron chi connectivity index (χ4n) is 2.34. The van der Waals surface area contributed by atoms with Gasteiger partial charge in [-0.15, -0.1) is 0 Å². The van der Waals surface area contributed by atoms with Gasteiger partial charge >= 0.3 is 25.1 Å². The van der Waals surface area contributed by atoms with Crippen LogP contribution in [0.1, 0.15) is 33.3 Å². The van der Waals surface area contributed by atoms with E-state index < -0.39 is 41.9 Å². The molecule has 1 saturated heterocycles. The molecule has 1 aliphatic heterocycles. The summed E-state index contributed by atoms with van der Waals surface area (Å²) >= 11 is 0. The van der Waals surface area contributed by atoms with Crippen LogP contribution in [0, 0.1) is 0 Å². The Morgan fingerprint density at radius 3 is 1.40 bits per heavy atom. The molecule has 1 aliphatic rings. The van der Waals surface area contributed by atoms with Crippen LogP contribution in [0.3, 0.4) is 0 Å². The molecule has 0 aromatic heterocycles. The third kappa shape index (κ3) is 3.14. The summed E-state index contributed by atoms with van der Waals surface area (Å²) in [6.07, 6.45) is -12.3. The van der Waals surface area contributed by atoms with Crippen LogP contribution in [-0.2, 0) is 15.0 Å². The van der Waals surface area contributed by atoms with E-state index in [4.69, 9.17) is 9.31 Å². The zero-order chi connectivity index (χ0) is 19.5. The van der Waals surface area contributed by atoms with Crippen molar-refractivity contribution in [1.29, 1.82) is 0 Å². The molecule has 25 heavy (non-hydrogen) atoms. The first kappa shape index (κ1) is 20.0. The summed E-state index contributed by atoms with van der Waals surface area (Å²) < 4.78 is 102. The third-order valence-electron chi connectivity index (χ3n) is 4.62. The topological polar surface area (TPSA) is 18.5 Å². The second-order valence-corrected chi connectivity index (χ2v) is 6.86. The first-order chi connectivity index (χ1) is 11.0. The van der Waals surface area contributed by atoms with Crippen LogP contribution in [0.2, 0.25) is 0 Å². The van der Waals surface area contributed by atoms with Crippen LogP contribution in [0.5, 0.6) is 0 Å². The molecule has 2 nitrogen and oxygen atoms in total. The van der Waals surface area contributed by atoms with Crippen molar-refractivity contribution < 1.29 is 40.0 Å². The van der Waals surface area contributed by atoms with Gasteiger partial charge in [-0.05, 0) is 33.2 Å². The first-order valence-corrected chi connectivity index (χ1v) is 7.31. The van der Waals surface area contributed by atoms with E-state index in [1.165, 1.54) is 0 Å². The van der Waals surface area contributed by atoms with Crippen LogP contribution < -0.4 is 5.46 Å². The van der Waals surface area contributed by atoms with E-state index in [-0.39, 0.29) is 5.46 Å². The fraction of sp³-hybridized carbons (Fsp3) is 0.600. The molecule has 0 N–H and O–H groups in total. The van der Waals surface area contributed by atoms with E-state index in [1.54, 1.807) is 27.7 Å². The number of rotatable bonds is 2. The number of halogens is 7. The predicted octanol–water partition coefficient (Wildman–Crippen LogP) is 4.28. The monoisotopic (exact) mass is 372 g/mol. The van der Waals surface area contributed by atoms with Crippen molar-refractivity contribution in [2.45, 2.75) is 56.9 Å². The highest BCUT2D eigenvalue weighted by Crippen LogP contribution is 2.53. The molecule has 140 valence electrons. The average molecular weight is 372 g/mol. The molecule has 10 heteroatoms. The fourth-order valence-corrected chi connectivity index (χ4v) is 2.34. The normalized spacial score (nSPS) is 20.8. The van der Waals surface area contributed by atoms with Crippen LogP contribution in [0.25, 0.3) is 0 Å². The van der Waals surface area contributed by atoms with Gasteiger partial charge in [0.15, 0.2) is 0 Å². The molecule has 2 rings (SSSR count). The second kappa shape index (κ2) is 5.60. The minimum absolute atomic E-state index is 0.189. The number of hydrogen-bond donors (Lipinski definition) is 0. The Bertz CT molecular complexity index is 605. The van der Waals surface area contributed by atoms with Crippen LogP contribution in [0.15, 0.2) is 24.3 Å². The van der Waals surface area contributed by atoms with Gasteiger partial charge < -0.3 is 9.31 Å². The summed E-state index contributed by atoms with van der Waals surface area (Å²) in [5.74, 6) is 0. The van der Waals surface area contributed by atoms with Crippen molar-refractivity contribution in [3.63, 3.8) is 0 Å². The van der Waals surface area contributed by atoms with E-state index in [9.17, 15) is 30.7 Å². The average Bonchev–Trinajstić information content (AvgIpc) is 2.64. The van der Waals surface area contributed by atoms with E-state index >= 15 is 0 Å². The van der Waals surface area contributed by atoms with E-state index in [1.807, 2.05) is 0 Å². The van der Waals surface area contributed by atoms with E-state index in [0.29, 0.717) is 12.1 Å². The maximum absolute atomic E-state index is 14.0. The molecular formula is C15H16BF7O2. The van der Waals surface area contributed by atoms with Crippen molar-refractivity contribution >= 4 is 12.6 Å². The Balaban J connectivity index is 2.38. The van der Waals surface area contributed by atoms with Crippen LogP contribution >= 0.6 is 0 Å². The van der Waals surface area contributed by atoms with Crippen LogP contribution in [-0.4, -0.2) is 30.7 Å². The standard InChI is InChI=1S/C15H16BF7O2/c1-11(2)12(3,4)25-16(24-11)10-7-5-9(6-8-10)13(17,14(18,19)20)15(21,22)23/h5-8H,1-4H3. The van der Waals surface area contributed by atoms with Crippen molar-refractivity contribution in [2.75, 3.05) is 0 Å². The number of benzene rings is 1. The van der Waals surface area contributed by atoms with Crippen LogP contribution in [0.4, 0.5) is 30.7 Å². The van der Waals surface area contributed by atoms with Crippen molar-refractivity contribution in [3.05, 3.63) is 29.8 Å². The summed E-state index contributed by atoms with van der Waals surface area (Å²) in [5.41, 5.74) is -8.29. The molecule has 0 unspecified atom stereocenters. The third-order valence-corrected chi connectivity index (χ3v) is 4.62. The highest BCUT2D eigenvalue weighted by atomic mass is 19.4. The Hall–Kier alpha value is -1.29. The molecule has 0 amide bonds. The molecule has 1 aromatic rings. The Labute approximate surface area is 140 Å². The molecule has 0 bridgehead atoms. The lowest BCUT2D eigenvalue weighted by molar-refractivity contribution is -0.348. The molecule has 0 spiro atoms. The molecule has 1 aromatic carbocycles. The lowest BCUT2D eigenvalue weighted by Crippen LogP contribution is -2.50. The zero-order valence-corrected chi connectivity index (χ0v) is 13.8.